The molecule has 2 N–H and O–H groups in total. The molecule has 0 aliphatic carbocycles. The van der Waals surface area contributed by atoms with Crippen LogP contribution in [0.1, 0.15) is 56.3 Å². The number of ether oxygens (including phenoxy) is 1. The number of carbonyl (C=O) groups is 3. The number of anilines is 1. The molecule has 13 rings (SSSR count). The topological polar surface area (TPSA) is 139 Å². The number of hydrogen-bond acceptors (Lipinski definition) is 14. The molecule has 88 heavy (non-hydrogen) atoms. The number of oxime groups is 1. The summed E-state index contributed by atoms with van der Waals surface area (Å²) < 4.78 is 9.01. The van der Waals surface area contributed by atoms with Crippen LogP contribution in [-0.4, -0.2) is 50.5 Å². The lowest BCUT2D eigenvalue weighted by Crippen LogP contribution is -2.71. The predicted molar refractivity (Wildman–Crippen MR) is 359 cm³/mol. The van der Waals surface area contributed by atoms with Crippen LogP contribution in [0, 0.1) is 0 Å². The van der Waals surface area contributed by atoms with Gasteiger partial charge in [0.25, 0.3) is 11.8 Å². The van der Waals surface area contributed by atoms with Gasteiger partial charge in [0.15, 0.2) is 16.9 Å². The molecule has 434 valence electrons. The van der Waals surface area contributed by atoms with Gasteiger partial charge in [-0.1, -0.05) is 283 Å². The first kappa shape index (κ1) is 58.6. The van der Waals surface area contributed by atoms with E-state index in [-0.39, 0.29) is 32.6 Å². The molecule has 1 saturated heterocycles. The largest absolute Gasteiger partial charge is 0.448 e. The van der Waals surface area contributed by atoms with Crippen LogP contribution < -0.4 is 16.1 Å². The summed E-state index contributed by atoms with van der Waals surface area (Å²) in [5.41, 5.74) is 3.32. The van der Waals surface area contributed by atoms with Crippen LogP contribution in [0.25, 0.3) is 9.40 Å². The van der Waals surface area contributed by atoms with Gasteiger partial charge in [-0.05, 0) is 55.2 Å². The average molecular weight is 1330 g/mol. The van der Waals surface area contributed by atoms with Crippen LogP contribution in [0.4, 0.5) is 5.13 Å². The Morgan fingerprint density at radius 1 is 0.648 bits per heavy atom. The van der Waals surface area contributed by atoms with E-state index in [1.165, 1.54) is 51.1 Å². The number of carbonyl (C=O) groups excluding carboxylic acids is 3. The molecule has 1 fully saturated rings. The van der Waals surface area contributed by atoms with Crippen LogP contribution in [0.3, 0.4) is 0 Å². The predicted octanol–water partition coefficient (Wildman–Crippen LogP) is 16.0. The second kappa shape index (κ2) is 25.7. The van der Waals surface area contributed by atoms with Crippen molar-refractivity contribution in [3.8, 4) is 0 Å². The Bertz CT molecular complexity index is 4220. The number of benzene rings is 8. The summed E-state index contributed by atoms with van der Waals surface area (Å²) in [6, 6.07) is 78.4. The Hall–Kier alpha value is -8.39. The molecule has 2 aliphatic rings. The smallest absolute Gasteiger partial charge is 0.356 e. The van der Waals surface area contributed by atoms with Crippen molar-refractivity contribution in [2.45, 2.75) is 32.9 Å². The normalized spacial score (nSPS) is 15.1. The molecule has 1 unspecified atom stereocenters. The molecule has 11 aromatic rings. The number of nitrogens with zero attached hydrogens (tertiary/aromatic N) is 3. The van der Waals surface area contributed by atoms with E-state index in [4.69, 9.17) is 31.3 Å². The Morgan fingerprint density at radius 3 is 1.60 bits per heavy atom. The number of rotatable bonds is 19. The fraction of sp³-hybridized carbons (Fsp3) is 0.0857. The molecule has 8 aromatic carbocycles. The van der Waals surface area contributed by atoms with Gasteiger partial charge < -0.3 is 20.2 Å². The highest BCUT2D eigenvalue weighted by molar-refractivity contribution is 9.10. The van der Waals surface area contributed by atoms with Gasteiger partial charge in [-0.25, -0.2) is 9.78 Å². The third-order valence-electron chi connectivity index (χ3n) is 15.2. The molecule has 2 amide bonds. The number of thioether (sulfide) groups is 2. The minimum absolute atomic E-state index is 0.00524. The van der Waals surface area contributed by atoms with E-state index in [0.29, 0.717) is 40.1 Å². The van der Waals surface area contributed by atoms with Gasteiger partial charge in [-0.3, -0.25) is 19.3 Å². The van der Waals surface area contributed by atoms with E-state index in [0.717, 1.165) is 43.9 Å². The fourth-order valence-corrected chi connectivity index (χ4v) is 17.9. The number of halogens is 2. The van der Waals surface area contributed by atoms with E-state index in [9.17, 15) is 4.79 Å². The summed E-state index contributed by atoms with van der Waals surface area (Å²) in [4.78, 5) is 74.1. The lowest BCUT2D eigenvalue weighted by atomic mass is 9.77. The minimum Gasteiger partial charge on any atom is -0.448 e. The number of amides is 2. The molecule has 0 saturated carbocycles. The number of nitrogens with one attached hydrogen (secondary N) is 2. The van der Waals surface area contributed by atoms with Crippen molar-refractivity contribution in [3.05, 3.63) is 334 Å². The van der Waals surface area contributed by atoms with Crippen LogP contribution in [0.5, 0.6) is 0 Å². The number of esters is 1. The number of thiazole rings is 1. The van der Waals surface area contributed by atoms with Crippen molar-refractivity contribution in [2.75, 3.05) is 11.1 Å². The van der Waals surface area contributed by atoms with Crippen molar-refractivity contribution in [3.63, 3.8) is 0 Å². The molecular formula is C70H49BrClN5O6S5. The Kier molecular flexibility index (Phi) is 17.2. The van der Waals surface area contributed by atoms with Crippen molar-refractivity contribution < 1.29 is 24.0 Å². The van der Waals surface area contributed by atoms with Gasteiger partial charge in [-0.15, -0.1) is 34.4 Å². The molecular weight excluding hydrogens is 1280 g/mol. The maximum absolute atomic E-state index is 15.8. The third-order valence-corrected chi connectivity index (χ3v) is 22.6. The Balaban J connectivity index is 0.914. The zero-order chi connectivity index (χ0) is 60.2. The fourth-order valence-electron chi connectivity index (χ4n) is 11.1. The molecule has 0 spiro atoms. The van der Waals surface area contributed by atoms with E-state index in [1.54, 1.807) is 0 Å². The standard InChI is InChI=1S/C70H49BrClN5O6S5/c71-54-59(78)61-52(41-42-84-61)86-67(54)87-53-43-85-65-57(64(80)77(65)58(53)66(81)82-60(44-25-9-1-10-26-44)45-27-11-2-12-28-45)73-63(79)56(76-83-70(49-35-19-6-20-36-49,50-37-21-7-22-38-50)51-39-23-8-24-40-51)55-62(72)88-68(74-55)75-69(46-29-13-3-14-30-46,47-31-15-4-16-32-47)48-33-17-5-18-34-48/h1-42,57,60,65H,43H2,(H,73,79)(H,74,75)/b76-56-/t57?,65-/m1/s1. The Morgan fingerprint density at radius 2 is 1.11 bits per heavy atom. The van der Waals surface area contributed by atoms with Gasteiger partial charge in [0, 0.05) is 27.3 Å². The quantitative estimate of drug-likeness (QED) is 0.0264. The number of fused-ring (bicyclic) bond motifs is 2. The van der Waals surface area contributed by atoms with Gasteiger partial charge in [0.05, 0.1) is 18.1 Å². The summed E-state index contributed by atoms with van der Waals surface area (Å²) in [5.74, 6) is -1.95. The van der Waals surface area contributed by atoms with Crippen molar-refractivity contribution in [2.24, 2.45) is 5.16 Å². The van der Waals surface area contributed by atoms with Crippen molar-refractivity contribution in [1.82, 2.24) is 15.2 Å². The maximum atomic E-state index is 15.8. The third kappa shape index (κ3) is 11.2. The first-order valence-electron chi connectivity index (χ1n) is 27.8. The number of aromatic nitrogens is 1. The zero-order valence-corrected chi connectivity index (χ0v) is 52.7. The van der Waals surface area contributed by atoms with E-state index >= 15 is 14.4 Å². The van der Waals surface area contributed by atoms with Crippen LogP contribution in [-0.2, 0) is 35.1 Å². The lowest BCUT2D eigenvalue weighted by molar-refractivity contribution is -0.154. The van der Waals surface area contributed by atoms with Crippen LogP contribution in [0.2, 0.25) is 4.34 Å². The van der Waals surface area contributed by atoms with Crippen molar-refractivity contribution in [1.29, 1.82) is 0 Å². The van der Waals surface area contributed by atoms with Gasteiger partial charge in [0.2, 0.25) is 11.0 Å². The molecule has 0 bridgehead atoms. The molecule has 5 heterocycles. The molecule has 18 heteroatoms. The number of thiophene rings is 1. The zero-order valence-electron chi connectivity index (χ0n) is 46.3. The molecule has 2 aliphatic heterocycles. The van der Waals surface area contributed by atoms with Gasteiger partial charge in [0.1, 0.15) is 32.7 Å². The highest BCUT2D eigenvalue weighted by atomic mass is 79.9. The van der Waals surface area contributed by atoms with Crippen LogP contribution in [0.15, 0.2) is 283 Å². The van der Waals surface area contributed by atoms with E-state index in [2.05, 4.69) is 26.6 Å². The maximum Gasteiger partial charge on any atom is 0.356 e. The minimum atomic E-state index is -1.45. The number of β-lactam (4-membered cyclic amide) rings is 1. The summed E-state index contributed by atoms with van der Waals surface area (Å²) in [6.07, 6.45) is -0.854. The summed E-state index contributed by atoms with van der Waals surface area (Å²) in [6.45, 7) is 0. The highest BCUT2D eigenvalue weighted by Crippen LogP contribution is 2.50. The Labute approximate surface area is 540 Å². The van der Waals surface area contributed by atoms with E-state index in [1.807, 2.05) is 254 Å². The van der Waals surface area contributed by atoms with Gasteiger partial charge in [-0.2, -0.15) is 0 Å². The summed E-state index contributed by atoms with van der Waals surface area (Å²) in [5, 5.41) is 13.1. The first-order chi connectivity index (χ1) is 43.1. The van der Waals surface area contributed by atoms with Crippen molar-refractivity contribution >= 4 is 123 Å². The van der Waals surface area contributed by atoms with E-state index < -0.39 is 46.4 Å². The lowest BCUT2D eigenvalue weighted by Gasteiger charge is -2.49. The summed E-state index contributed by atoms with van der Waals surface area (Å²) in [7, 11) is 0. The van der Waals surface area contributed by atoms with Crippen LogP contribution >= 0.6 is 85.1 Å². The number of hydrogen-bond donors (Lipinski definition) is 2. The molecule has 2 atom stereocenters. The second-order valence-electron chi connectivity index (χ2n) is 20.4. The monoisotopic (exact) mass is 1330 g/mol. The summed E-state index contributed by atoms with van der Waals surface area (Å²) >= 11 is 17.5. The molecule has 0 radical (unpaired) electrons. The highest BCUT2D eigenvalue weighted by Gasteiger charge is 2.56. The van der Waals surface area contributed by atoms with Gasteiger partial charge >= 0.3 is 5.97 Å². The molecule has 3 aromatic heterocycles. The SMILES string of the molecule is O=C(OC(c1ccccc1)c1ccccc1)C1=C(Sc2sc3ccsc3c(=O)c2Br)CS[C@@H]2C(NC(=O)/C(=N\OC(c3ccccc3)(c3ccccc3)c3ccccc3)c3nc(NC(c4ccccc4)(c4ccccc4)c4ccccc4)sc3Cl)C(=O)N12. The average Bonchev–Trinajstić information content (AvgIpc) is 2.62. The first-order valence-corrected chi connectivity index (χ1v) is 33.4. The second-order valence-corrected chi connectivity index (χ2v) is 27.2. The molecule has 11 nitrogen and oxygen atoms in total.